The molecule has 3 aliphatic rings. The second-order valence-electron chi connectivity index (χ2n) is 5.77. The molecule has 0 spiro atoms. The first-order chi connectivity index (χ1) is 8.72. The van der Waals surface area contributed by atoms with E-state index >= 15 is 0 Å². The summed E-state index contributed by atoms with van der Waals surface area (Å²) in [6, 6.07) is 0.652. The van der Waals surface area contributed by atoms with Crippen LogP contribution in [0.3, 0.4) is 0 Å². The van der Waals surface area contributed by atoms with E-state index < -0.39 is 0 Å². The molecule has 2 aliphatic carbocycles. The van der Waals surface area contributed by atoms with Gasteiger partial charge in [0.25, 0.3) is 0 Å². The van der Waals surface area contributed by atoms with E-state index in [1.54, 1.807) is 0 Å². The third-order valence-electron chi connectivity index (χ3n) is 4.16. The van der Waals surface area contributed by atoms with E-state index in [-0.39, 0.29) is 30.3 Å². The van der Waals surface area contributed by atoms with Crippen LogP contribution in [0.4, 0.5) is 0 Å². The zero-order valence-corrected chi connectivity index (χ0v) is 10.6. The largest absolute Gasteiger partial charge is 0.353 e. The molecule has 0 unspecified atom stereocenters. The smallest absolute Gasteiger partial charge is 0.237 e. The molecule has 0 bridgehead atoms. The summed E-state index contributed by atoms with van der Waals surface area (Å²) in [7, 11) is 0. The lowest BCUT2D eigenvalue weighted by atomic mass is 9.87. The number of carbonyl (C=O) groups is 2. The summed E-state index contributed by atoms with van der Waals surface area (Å²) in [5.41, 5.74) is 0. The SMILES string of the molecule is O=C(C[C@@H]1N[C@H]2CCCC[C@H]2NC1=O)NC1CC1. The van der Waals surface area contributed by atoms with E-state index in [1.807, 2.05) is 0 Å². The van der Waals surface area contributed by atoms with Crippen molar-refractivity contribution in [3.8, 4) is 0 Å². The number of hydrogen-bond donors (Lipinski definition) is 3. The quantitative estimate of drug-likeness (QED) is 0.664. The van der Waals surface area contributed by atoms with Crippen molar-refractivity contribution in [1.29, 1.82) is 0 Å². The second kappa shape index (κ2) is 4.88. The lowest BCUT2D eigenvalue weighted by Crippen LogP contribution is -2.65. The minimum atomic E-state index is -0.344. The maximum Gasteiger partial charge on any atom is 0.237 e. The van der Waals surface area contributed by atoms with E-state index in [0.717, 1.165) is 25.7 Å². The molecule has 0 radical (unpaired) electrons. The summed E-state index contributed by atoms with van der Waals surface area (Å²) in [6.07, 6.45) is 7.00. The molecule has 1 heterocycles. The van der Waals surface area contributed by atoms with Crippen molar-refractivity contribution in [2.45, 2.75) is 69.1 Å². The number of hydrogen-bond acceptors (Lipinski definition) is 3. The molecule has 1 aliphatic heterocycles. The standard InChI is InChI=1S/C13H21N3O2/c17-12(14-8-5-6-8)7-11-13(18)16-10-4-2-1-3-9(10)15-11/h8-11,15H,1-7H2,(H,14,17)(H,16,18)/t9-,10+,11-/m0/s1. The monoisotopic (exact) mass is 251 g/mol. The van der Waals surface area contributed by atoms with Gasteiger partial charge in [-0.25, -0.2) is 0 Å². The molecule has 3 atom stereocenters. The normalized spacial score (nSPS) is 35.6. The van der Waals surface area contributed by atoms with Gasteiger partial charge in [-0.1, -0.05) is 12.8 Å². The molecule has 5 nitrogen and oxygen atoms in total. The predicted molar refractivity (Wildman–Crippen MR) is 66.9 cm³/mol. The van der Waals surface area contributed by atoms with Crippen LogP contribution in [0.5, 0.6) is 0 Å². The van der Waals surface area contributed by atoms with Crippen LogP contribution in [0.2, 0.25) is 0 Å². The average molecular weight is 251 g/mol. The van der Waals surface area contributed by atoms with Crippen LogP contribution in [0.25, 0.3) is 0 Å². The first-order valence-corrected chi connectivity index (χ1v) is 7.08. The van der Waals surface area contributed by atoms with Crippen LogP contribution in [-0.2, 0) is 9.59 Å². The van der Waals surface area contributed by atoms with Gasteiger partial charge in [0.2, 0.25) is 11.8 Å². The van der Waals surface area contributed by atoms with Crippen molar-refractivity contribution >= 4 is 11.8 Å². The van der Waals surface area contributed by atoms with Gasteiger partial charge in [0.05, 0.1) is 12.5 Å². The molecule has 100 valence electrons. The molecule has 3 N–H and O–H groups in total. The molecule has 3 fully saturated rings. The zero-order chi connectivity index (χ0) is 12.5. The van der Waals surface area contributed by atoms with Gasteiger partial charge >= 0.3 is 0 Å². The van der Waals surface area contributed by atoms with Gasteiger partial charge in [-0.2, -0.15) is 0 Å². The molecule has 1 saturated heterocycles. The van der Waals surface area contributed by atoms with Crippen molar-refractivity contribution in [2.75, 3.05) is 0 Å². The van der Waals surface area contributed by atoms with Crippen molar-refractivity contribution in [3.63, 3.8) is 0 Å². The van der Waals surface area contributed by atoms with Crippen molar-refractivity contribution in [3.05, 3.63) is 0 Å². The van der Waals surface area contributed by atoms with Crippen molar-refractivity contribution in [1.82, 2.24) is 16.0 Å². The zero-order valence-electron chi connectivity index (χ0n) is 10.6. The highest BCUT2D eigenvalue weighted by Gasteiger charge is 2.37. The third kappa shape index (κ3) is 2.66. The maximum atomic E-state index is 11.9. The van der Waals surface area contributed by atoms with Gasteiger partial charge in [-0.05, 0) is 25.7 Å². The summed E-state index contributed by atoms with van der Waals surface area (Å²) in [6.45, 7) is 0. The van der Waals surface area contributed by atoms with E-state index in [9.17, 15) is 9.59 Å². The lowest BCUT2D eigenvalue weighted by Gasteiger charge is -2.40. The van der Waals surface area contributed by atoms with Gasteiger partial charge in [0.15, 0.2) is 0 Å². The van der Waals surface area contributed by atoms with Gasteiger partial charge < -0.3 is 16.0 Å². The highest BCUT2D eigenvalue weighted by molar-refractivity contribution is 5.89. The van der Waals surface area contributed by atoms with Crippen molar-refractivity contribution < 1.29 is 9.59 Å². The second-order valence-corrected chi connectivity index (χ2v) is 5.77. The number of piperazine rings is 1. The Hall–Kier alpha value is -1.10. The van der Waals surface area contributed by atoms with Crippen LogP contribution in [0.15, 0.2) is 0 Å². The van der Waals surface area contributed by atoms with E-state index in [4.69, 9.17) is 0 Å². The summed E-state index contributed by atoms with van der Waals surface area (Å²) in [5, 5.41) is 9.35. The summed E-state index contributed by atoms with van der Waals surface area (Å²) < 4.78 is 0. The van der Waals surface area contributed by atoms with Crippen molar-refractivity contribution in [2.24, 2.45) is 0 Å². The first kappa shape index (κ1) is 12.0. The number of amides is 2. The highest BCUT2D eigenvalue weighted by Crippen LogP contribution is 2.23. The Labute approximate surface area is 107 Å². The number of nitrogens with one attached hydrogen (secondary N) is 3. The molecule has 0 aromatic carbocycles. The summed E-state index contributed by atoms with van der Waals surface area (Å²) in [5.74, 6) is -0.0106. The molecule has 0 aromatic heterocycles. The Kier molecular flexibility index (Phi) is 3.24. The fourth-order valence-electron chi connectivity index (χ4n) is 2.97. The Morgan fingerprint density at radius 2 is 1.89 bits per heavy atom. The van der Waals surface area contributed by atoms with Gasteiger partial charge in [-0.3, -0.25) is 9.59 Å². The fourth-order valence-corrected chi connectivity index (χ4v) is 2.97. The maximum absolute atomic E-state index is 11.9. The molecule has 2 amide bonds. The fraction of sp³-hybridized carbons (Fsp3) is 0.846. The Bertz CT molecular complexity index is 354. The number of fused-ring (bicyclic) bond motifs is 1. The van der Waals surface area contributed by atoms with Gasteiger partial charge in [0.1, 0.15) is 0 Å². The summed E-state index contributed by atoms with van der Waals surface area (Å²) >= 11 is 0. The Balaban J connectivity index is 1.54. The van der Waals surface area contributed by atoms with Gasteiger partial charge in [0, 0.05) is 18.1 Å². The van der Waals surface area contributed by atoms with Crippen LogP contribution < -0.4 is 16.0 Å². The third-order valence-corrected chi connectivity index (χ3v) is 4.16. The molecule has 3 rings (SSSR count). The minimum Gasteiger partial charge on any atom is -0.353 e. The minimum absolute atomic E-state index is 0.000547. The molecular formula is C13H21N3O2. The first-order valence-electron chi connectivity index (χ1n) is 7.08. The topological polar surface area (TPSA) is 70.2 Å². The molecule has 2 saturated carbocycles. The highest BCUT2D eigenvalue weighted by atomic mass is 16.2. The van der Waals surface area contributed by atoms with Crippen LogP contribution in [-0.4, -0.2) is 36.0 Å². The van der Waals surface area contributed by atoms with E-state index in [2.05, 4.69) is 16.0 Å². The van der Waals surface area contributed by atoms with Crippen LogP contribution in [0.1, 0.15) is 44.9 Å². The summed E-state index contributed by atoms with van der Waals surface area (Å²) in [4.78, 5) is 23.7. The molecule has 0 aromatic rings. The van der Waals surface area contributed by atoms with Crippen LogP contribution in [0, 0.1) is 0 Å². The van der Waals surface area contributed by atoms with Gasteiger partial charge in [-0.15, -0.1) is 0 Å². The number of rotatable bonds is 3. The van der Waals surface area contributed by atoms with E-state index in [1.165, 1.54) is 12.8 Å². The Morgan fingerprint density at radius 1 is 1.17 bits per heavy atom. The number of carbonyl (C=O) groups excluding carboxylic acids is 2. The molecule has 18 heavy (non-hydrogen) atoms. The lowest BCUT2D eigenvalue weighted by molar-refractivity contribution is -0.131. The molecular weight excluding hydrogens is 230 g/mol. The predicted octanol–water partition coefficient (Wildman–Crippen LogP) is 0.0543. The Morgan fingerprint density at radius 3 is 2.61 bits per heavy atom. The van der Waals surface area contributed by atoms with Crippen LogP contribution >= 0.6 is 0 Å². The average Bonchev–Trinajstić information content (AvgIpc) is 3.14. The van der Waals surface area contributed by atoms with E-state index in [0.29, 0.717) is 12.1 Å². The molecule has 5 heteroatoms.